The van der Waals surface area contributed by atoms with Gasteiger partial charge in [-0.05, 0) is 43.7 Å². The molecule has 2 aromatic rings. The van der Waals surface area contributed by atoms with Gasteiger partial charge in [0.05, 0.1) is 12.7 Å². The van der Waals surface area contributed by atoms with E-state index in [1.807, 2.05) is 13.8 Å². The summed E-state index contributed by atoms with van der Waals surface area (Å²) >= 11 is 6.07. The van der Waals surface area contributed by atoms with Crippen molar-refractivity contribution >= 4 is 23.2 Å². The van der Waals surface area contributed by atoms with Crippen LogP contribution in [0.2, 0.25) is 5.02 Å². The van der Waals surface area contributed by atoms with Gasteiger partial charge >= 0.3 is 0 Å². The number of carbonyl (C=O) groups is 1. The van der Waals surface area contributed by atoms with Crippen LogP contribution in [0.4, 0.5) is 5.69 Å². The summed E-state index contributed by atoms with van der Waals surface area (Å²) in [7, 11) is 1.52. The third kappa shape index (κ3) is 3.08. The van der Waals surface area contributed by atoms with E-state index in [1.165, 1.54) is 7.11 Å². The standard InChI is InChI=1S/C15H15ClN2O2/c1-9-6-14(20-3)12(8-13(9)16)15(19)18-11-4-5-17-10(2)7-11/h4-8H,1-3H3,(H,17,18,19). The number of methoxy groups -OCH3 is 1. The monoisotopic (exact) mass is 290 g/mol. The molecular formula is C15H15ClN2O2. The van der Waals surface area contributed by atoms with Crippen molar-refractivity contribution in [2.45, 2.75) is 13.8 Å². The van der Waals surface area contributed by atoms with Gasteiger partial charge < -0.3 is 10.1 Å². The van der Waals surface area contributed by atoms with Crippen molar-refractivity contribution in [3.63, 3.8) is 0 Å². The Kier molecular flexibility index (Phi) is 4.25. The lowest BCUT2D eigenvalue weighted by Crippen LogP contribution is -2.13. The molecule has 0 bridgehead atoms. The Morgan fingerprint density at radius 1 is 1.30 bits per heavy atom. The molecule has 0 unspecified atom stereocenters. The van der Waals surface area contributed by atoms with E-state index >= 15 is 0 Å². The summed E-state index contributed by atoms with van der Waals surface area (Å²) in [5, 5.41) is 3.33. The molecule has 0 spiro atoms. The SMILES string of the molecule is COc1cc(C)c(Cl)cc1C(=O)Nc1ccnc(C)c1. The van der Waals surface area contributed by atoms with Gasteiger partial charge in [0, 0.05) is 22.6 Å². The number of carbonyl (C=O) groups excluding carboxylic acids is 1. The first kappa shape index (κ1) is 14.3. The van der Waals surface area contributed by atoms with E-state index in [4.69, 9.17) is 16.3 Å². The van der Waals surface area contributed by atoms with Gasteiger partial charge in [0.1, 0.15) is 5.75 Å². The highest BCUT2D eigenvalue weighted by Crippen LogP contribution is 2.27. The van der Waals surface area contributed by atoms with E-state index in [-0.39, 0.29) is 5.91 Å². The number of benzene rings is 1. The third-order valence-electron chi connectivity index (χ3n) is 2.88. The summed E-state index contributed by atoms with van der Waals surface area (Å²) in [5.74, 6) is 0.226. The summed E-state index contributed by atoms with van der Waals surface area (Å²) in [6, 6.07) is 6.88. The molecular weight excluding hydrogens is 276 g/mol. The average molecular weight is 291 g/mol. The average Bonchev–Trinajstić information content (AvgIpc) is 2.41. The highest BCUT2D eigenvalue weighted by molar-refractivity contribution is 6.32. The second kappa shape index (κ2) is 5.92. The molecule has 1 amide bonds. The summed E-state index contributed by atoms with van der Waals surface area (Å²) in [6.45, 7) is 3.72. The Morgan fingerprint density at radius 3 is 2.70 bits per heavy atom. The number of aromatic nitrogens is 1. The topological polar surface area (TPSA) is 51.2 Å². The first-order valence-corrected chi connectivity index (χ1v) is 6.47. The molecule has 0 fully saturated rings. The fourth-order valence-corrected chi connectivity index (χ4v) is 1.99. The number of rotatable bonds is 3. The number of ether oxygens (including phenoxy) is 1. The van der Waals surface area contributed by atoms with E-state index in [0.717, 1.165) is 11.3 Å². The number of pyridine rings is 1. The zero-order valence-electron chi connectivity index (χ0n) is 11.5. The molecule has 0 atom stereocenters. The molecule has 20 heavy (non-hydrogen) atoms. The van der Waals surface area contributed by atoms with Crippen LogP contribution >= 0.6 is 11.6 Å². The van der Waals surface area contributed by atoms with Crippen LogP contribution in [-0.4, -0.2) is 18.0 Å². The lowest BCUT2D eigenvalue weighted by molar-refractivity contribution is 0.102. The first-order valence-electron chi connectivity index (χ1n) is 6.09. The minimum absolute atomic E-state index is 0.269. The number of anilines is 1. The fourth-order valence-electron chi connectivity index (χ4n) is 1.82. The predicted molar refractivity (Wildman–Crippen MR) is 79.7 cm³/mol. The highest BCUT2D eigenvalue weighted by atomic mass is 35.5. The lowest BCUT2D eigenvalue weighted by atomic mass is 10.1. The maximum Gasteiger partial charge on any atom is 0.259 e. The molecule has 1 N–H and O–H groups in total. The molecule has 1 aromatic carbocycles. The summed E-state index contributed by atoms with van der Waals surface area (Å²) in [5.41, 5.74) is 2.77. The normalized spacial score (nSPS) is 10.2. The number of aryl methyl sites for hydroxylation is 2. The zero-order valence-corrected chi connectivity index (χ0v) is 12.3. The molecule has 0 saturated heterocycles. The molecule has 1 heterocycles. The largest absolute Gasteiger partial charge is 0.496 e. The van der Waals surface area contributed by atoms with Crippen molar-refractivity contribution in [1.29, 1.82) is 0 Å². The van der Waals surface area contributed by atoms with E-state index in [1.54, 1.807) is 30.5 Å². The van der Waals surface area contributed by atoms with E-state index in [9.17, 15) is 4.79 Å². The van der Waals surface area contributed by atoms with E-state index in [2.05, 4.69) is 10.3 Å². The Hall–Kier alpha value is -2.07. The van der Waals surface area contributed by atoms with Gasteiger partial charge in [0.2, 0.25) is 0 Å². The van der Waals surface area contributed by atoms with Crippen molar-refractivity contribution < 1.29 is 9.53 Å². The minimum Gasteiger partial charge on any atom is -0.496 e. The number of amides is 1. The summed E-state index contributed by atoms with van der Waals surface area (Å²) in [4.78, 5) is 16.4. The van der Waals surface area contributed by atoms with Gasteiger partial charge in [-0.25, -0.2) is 0 Å². The van der Waals surface area contributed by atoms with Gasteiger partial charge in [-0.3, -0.25) is 9.78 Å². The van der Waals surface area contributed by atoms with E-state index in [0.29, 0.717) is 22.0 Å². The highest BCUT2D eigenvalue weighted by Gasteiger charge is 2.15. The van der Waals surface area contributed by atoms with Crippen LogP contribution in [0, 0.1) is 13.8 Å². The minimum atomic E-state index is -0.269. The van der Waals surface area contributed by atoms with Gasteiger partial charge in [0.15, 0.2) is 0 Å². The van der Waals surface area contributed by atoms with Crippen molar-refractivity contribution in [3.05, 3.63) is 52.3 Å². The maximum absolute atomic E-state index is 12.3. The molecule has 0 aliphatic heterocycles. The van der Waals surface area contributed by atoms with Gasteiger partial charge in [-0.1, -0.05) is 11.6 Å². The van der Waals surface area contributed by atoms with Crippen LogP contribution in [0.5, 0.6) is 5.75 Å². The third-order valence-corrected chi connectivity index (χ3v) is 3.29. The van der Waals surface area contributed by atoms with Crippen molar-refractivity contribution in [2.75, 3.05) is 12.4 Å². The summed E-state index contributed by atoms with van der Waals surface area (Å²) < 4.78 is 5.23. The quantitative estimate of drug-likeness (QED) is 0.939. The summed E-state index contributed by atoms with van der Waals surface area (Å²) in [6.07, 6.45) is 1.64. The molecule has 0 aliphatic rings. The maximum atomic E-state index is 12.3. The molecule has 5 heteroatoms. The van der Waals surface area contributed by atoms with Crippen molar-refractivity contribution in [2.24, 2.45) is 0 Å². The number of hydrogen-bond donors (Lipinski definition) is 1. The van der Waals surface area contributed by atoms with Crippen LogP contribution in [0.25, 0.3) is 0 Å². The molecule has 104 valence electrons. The van der Waals surface area contributed by atoms with Gasteiger partial charge in [-0.15, -0.1) is 0 Å². The Labute approximate surface area is 122 Å². The van der Waals surface area contributed by atoms with Crippen LogP contribution in [0.15, 0.2) is 30.5 Å². The molecule has 2 rings (SSSR count). The molecule has 0 radical (unpaired) electrons. The number of hydrogen-bond acceptors (Lipinski definition) is 3. The smallest absolute Gasteiger partial charge is 0.259 e. The second-order valence-corrected chi connectivity index (χ2v) is 4.85. The van der Waals surface area contributed by atoms with Gasteiger partial charge in [-0.2, -0.15) is 0 Å². The number of halogens is 1. The Morgan fingerprint density at radius 2 is 2.05 bits per heavy atom. The second-order valence-electron chi connectivity index (χ2n) is 4.44. The number of nitrogens with zero attached hydrogens (tertiary/aromatic N) is 1. The fraction of sp³-hybridized carbons (Fsp3) is 0.200. The zero-order chi connectivity index (χ0) is 14.7. The van der Waals surface area contributed by atoms with Crippen LogP contribution in [0.1, 0.15) is 21.6 Å². The Balaban J connectivity index is 2.31. The van der Waals surface area contributed by atoms with Crippen molar-refractivity contribution in [3.8, 4) is 5.75 Å². The van der Waals surface area contributed by atoms with Gasteiger partial charge in [0.25, 0.3) is 5.91 Å². The molecule has 0 saturated carbocycles. The van der Waals surface area contributed by atoms with Crippen LogP contribution in [0.3, 0.4) is 0 Å². The predicted octanol–water partition coefficient (Wildman–Crippen LogP) is 3.61. The molecule has 4 nitrogen and oxygen atoms in total. The van der Waals surface area contributed by atoms with Crippen LogP contribution in [-0.2, 0) is 0 Å². The van der Waals surface area contributed by atoms with E-state index < -0.39 is 0 Å². The number of nitrogens with one attached hydrogen (secondary N) is 1. The molecule has 1 aromatic heterocycles. The Bertz CT molecular complexity index is 656. The first-order chi connectivity index (χ1) is 9.51. The molecule has 0 aliphatic carbocycles. The van der Waals surface area contributed by atoms with Crippen molar-refractivity contribution in [1.82, 2.24) is 4.98 Å². The van der Waals surface area contributed by atoms with Crippen LogP contribution < -0.4 is 10.1 Å². The lowest BCUT2D eigenvalue weighted by Gasteiger charge is -2.11.